The molecule has 30 heavy (non-hydrogen) atoms. The van der Waals surface area contributed by atoms with Gasteiger partial charge in [0.25, 0.3) is 0 Å². The first-order valence-electron chi connectivity index (χ1n) is 10.4. The van der Waals surface area contributed by atoms with Gasteiger partial charge < -0.3 is 10.2 Å². The molecule has 0 bridgehead atoms. The number of hydrogen-bond donors (Lipinski definition) is 1. The molecule has 2 aromatic carbocycles. The smallest absolute Gasteiger partial charge is 0.242 e. The highest BCUT2D eigenvalue weighted by Gasteiger charge is 2.26. The van der Waals surface area contributed by atoms with Gasteiger partial charge in [-0.15, -0.1) is 11.8 Å². The van der Waals surface area contributed by atoms with E-state index in [9.17, 15) is 9.59 Å². The third kappa shape index (κ3) is 7.37. The van der Waals surface area contributed by atoms with Crippen LogP contribution in [0.25, 0.3) is 0 Å². The maximum absolute atomic E-state index is 13.1. The van der Waals surface area contributed by atoms with Crippen LogP contribution < -0.4 is 5.32 Å². The molecule has 0 spiro atoms. The standard InChI is InChI=1S/C24H31ClN2O2S/c1-4-5-14-26-24(29)19(3)27(15-20-11-8-9-13-22(20)25)23(28)17-30-16-21-12-7-6-10-18(21)2/h6-13,19H,4-5,14-17H2,1-3H3,(H,26,29)/t19-/m1/s1. The molecule has 2 rings (SSSR count). The summed E-state index contributed by atoms with van der Waals surface area (Å²) >= 11 is 7.88. The molecule has 0 radical (unpaired) electrons. The molecule has 1 atom stereocenters. The van der Waals surface area contributed by atoms with Gasteiger partial charge in [0, 0.05) is 23.9 Å². The molecule has 0 unspecified atom stereocenters. The summed E-state index contributed by atoms with van der Waals surface area (Å²) in [6.07, 6.45) is 1.93. The van der Waals surface area contributed by atoms with E-state index in [2.05, 4.69) is 31.3 Å². The van der Waals surface area contributed by atoms with Crippen LogP contribution in [-0.2, 0) is 21.9 Å². The van der Waals surface area contributed by atoms with Gasteiger partial charge in [0.05, 0.1) is 5.75 Å². The summed E-state index contributed by atoms with van der Waals surface area (Å²) in [4.78, 5) is 27.4. The Kier molecular flexibility index (Phi) is 10.2. The number of thioether (sulfide) groups is 1. The summed E-state index contributed by atoms with van der Waals surface area (Å²) < 4.78 is 0. The Morgan fingerprint density at radius 1 is 1.10 bits per heavy atom. The van der Waals surface area contributed by atoms with E-state index in [1.165, 1.54) is 11.1 Å². The van der Waals surface area contributed by atoms with Crippen molar-refractivity contribution in [2.75, 3.05) is 12.3 Å². The van der Waals surface area contributed by atoms with Crippen LogP contribution in [0.4, 0.5) is 0 Å². The lowest BCUT2D eigenvalue weighted by atomic mass is 10.1. The number of carbonyl (C=O) groups excluding carboxylic acids is 2. The van der Waals surface area contributed by atoms with Crippen molar-refractivity contribution in [1.82, 2.24) is 10.2 Å². The molecule has 2 amide bonds. The van der Waals surface area contributed by atoms with Crippen LogP contribution in [-0.4, -0.2) is 35.1 Å². The molecule has 162 valence electrons. The number of hydrogen-bond acceptors (Lipinski definition) is 3. The zero-order chi connectivity index (χ0) is 21.9. The van der Waals surface area contributed by atoms with E-state index in [1.807, 2.05) is 30.3 Å². The number of rotatable bonds is 11. The largest absolute Gasteiger partial charge is 0.354 e. The maximum atomic E-state index is 13.1. The fourth-order valence-corrected chi connectivity index (χ4v) is 4.21. The molecule has 6 heteroatoms. The average Bonchev–Trinajstić information content (AvgIpc) is 2.74. The van der Waals surface area contributed by atoms with Crippen molar-refractivity contribution in [2.24, 2.45) is 0 Å². The monoisotopic (exact) mass is 446 g/mol. The molecule has 0 aliphatic carbocycles. The van der Waals surface area contributed by atoms with Gasteiger partial charge >= 0.3 is 0 Å². The molecule has 0 aromatic heterocycles. The molecule has 0 fully saturated rings. The predicted molar refractivity (Wildman–Crippen MR) is 127 cm³/mol. The van der Waals surface area contributed by atoms with E-state index in [-0.39, 0.29) is 11.8 Å². The fraction of sp³-hybridized carbons (Fsp3) is 0.417. The Labute approximate surface area is 189 Å². The van der Waals surface area contributed by atoms with Gasteiger partial charge in [-0.1, -0.05) is 67.4 Å². The van der Waals surface area contributed by atoms with E-state index in [0.717, 1.165) is 24.2 Å². The van der Waals surface area contributed by atoms with Crippen molar-refractivity contribution in [3.05, 3.63) is 70.2 Å². The van der Waals surface area contributed by atoms with Crippen LogP contribution in [0.2, 0.25) is 5.02 Å². The number of nitrogens with zero attached hydrogens (tertiary/aromatic N) is 1. The van der Waals surface area contributed by atoms with Crippen molar-refractivity contribution >= 4 is 35.2 Å². The number of benzene rings is 2. The highest BCUT2D eigenvalue weighted by molar-refractivity contribution is 7.99. The number of unbranched alkanes of at least 4 members (excludes halogenated alkanes) is 1. The summed E-state index contributed by atoms with van der Waals surface area (Å²) in [5.41, 5.74) is 3.27. The molecule has 0 aliphatic heterocycles. The Morgan fingerprint density at radius 3 is 2.43 bits per heavy atom. The van der Waals surface area contributed by atoms with Crippen molar-refractivity contribution in [1.29, 1.82) is 0 Å². The summed E-state index contributed by atoms with van der Waals surface area (Å²) in [5.74, 6) is 0.875. The first-order valence-corrected chi connectivity index (χ1v) is 11.9. The predicted octanol–water partition coefficient (Wildman–Crippen LogP) is 5.22. The van der Waals surface area contributed by atoms with Gasteiger partial charge in [-0.2, -0.15) is 0 Å². The molecule has 0 saturated heterocycles. The fourth-order valence-electron chi connectivity index (χ4n) is 3.03. The van der Waals surface area contributed by atoms with Crippen LogP contribution in [0.5, 0.6) is 0 Å². The quantitative estimate of drug-likeness (QED) is 0.481. The first kappa shape index (κ1) is 24.3. The lowest BCUT2D eigenvalue weighted by Crippen LogP contribution is -2.48. The van der Waals surface area contributed by atoms with E-state index >= 15 is 0 Å². The van der Waals surface area contributed by atoms with Crippen LogP contribution in [0.15, 0.2) is 48.5 Å². The minimum atomic E-state index is -0.565. The van der Waals surface area contributed by atoms with E-state index in [0.29, 0.717) is 23.9 Å². The Balaban J connectivity index is 2.07. The third-order valence-electron chi connectivity index (χ3n) is 5.04. The van der Waals surface area contributed by atoms with Gasteiger partial charge in [0.15, 0.2) is 0 Å². The summed E-state index contributed by atoms with van der Waals surface area (Å²) in [6.45, 7) is 6.86. The van der Waals surface area contributed by atoms with Gasteiger partial charge in [0.1, 0.15) is 6.04 Å². The number of amides is 2. The lowest BCUT2D eigenvalue weighted by Gasteiger charge is -2.29. The normalized spacial score (nSPS) is 11.7. The lowest BCUT2D eigenvalue weighted by molar-refractivity contribution is -0.138. The second-order valence-corrected chi connectivity index (χ2v) is 8.75. The molecule has 4 nitrogen and oxygen atoms in total. The molecule has 2 aromatic rings. The number of nitrogens with one attached hydrogen (secondary N) is 1. The maximum Gasteiger partial charge on any atom is 0.242 e. The van der Waals surface area contributed by atoms with Gasteiger partial charge in [-0.3, -0.25) is 9.59 Å². The van der Waals surface area contributed by atoms with Crippen molar-refractivity contribution < 1.29 is 9.59 Å². The number of carbonyl (C=O) groups is 2. The van der Waals surface area contributed by atoms with Crippen molar-refractivity contribution in [3.8, 4) is 0 Å². The second kappa shape index (κ2) is 12.7. The summed E-state index contributed by atoms with van der Waals surface area (Å²) in [7, 11) is 0. The van der Waals surface area contributed by atoms with E-state index in [1.54, 1.807) is 29.7 Å². The second-order valence-electron chi connectivity index (χ2n) is 7.35. The van der Waals surface area contributed by atoms with Crippen LogP contribution in [0, 0.1) is 6.92 Å². The molecule has 0 saturated carbocycles. The topological polar surface area (TPSA) is 49.4 Å². The Hall–Kier alpha value is -1.98. The zero-order valence-corrected chi connectivity index (χ0v) is 19.6. The molecule has 1 N–H and O–H groups in total. The Morgan fingerprint density at radius 2 is 1.77 bits per heavy atom. The van der Waals surface area contributed by atoms with Crippen LogP contribution >= 0.6 is 23.4 Å². The van der Waals surface area contributed by atoms with Crippen molar-refractivity contribution in [2.45, 2.75) is 52.0 Å². The number of halogens is 1. The van der Waals surface area contributed by atoms with Crippen LogP contribution in [0.3, 0.4) is 0 Å². The summed E-state index contributed by atoms with van der Waals surface area (Å²) in [6, 6.07) is 15.1. The molecular formula is C24H31ClN2O2S. The van der Waals surface area contributed by atoms with Gasteiger partial charge in [0.2, 0.25) is 11.8 Å². The SMILES string of the molecule is CCCCNC(=O)[C@@H](C)N(Cc1ccccc1Cl)C(=O)CSCc1ccccc1C. The minimum absolute atomic E-state index is 0.0633. The third-order valence-corrected chi connectivity index (χ3v) is 6.37. The Bertz CT molecular complexity index is 843. The minimum Gasteiger partial charge on any atom is -0.354 e. The number of aryl methyl sites for hydroxylation is 1. The molecular weight excluding hydrogens is 416 g/mol. The van der Waals surface area contributed by atoms with Crippen molar-refractivity contribution in [3.63, 3.8) is 0 Å². The average molecular weight is 447 g/mol. The molecule has 0 heterocycles. The van der Waals surface area contributed by atoms with Gasteiger partial charge in [-0.05, 0) is 43.0 Å². The van der Waals surface area contributed by atoms with E-state index in [4.69, 9.17) is 11.6 Å². The van der Waals surface area contributed by atoms with Crippen LogP contribution in [0.1, 0.15) is 43.4 Å². The highest BCUT2D eigenvalue weighted by Crippen LogP contribution is 2.21. The summed E-state index contributed by atoms with van der Waals surface area (Å²) in [5, 5.41) is 3.53. The molecule has 0 aliphatic rings. The zero-order valence-electron chi connectivity index (χ0n) is 18.0. The highest BCUT2D eigenvalue weighted by atomic mass is 35.5. The first-order chi connectivity index (χ1) is 14.4. The van der Waals surface area contributed by atoms with E-state index < -0.39 is 6.04 Å². The van der Waals surface area contributed by atoms with Gasteiger partial charge in [-0.25, -0.2) is 0 Å².